The maximum Gasteiger partial charge on any atom is 0.355 e. The van der Waals surface area contributed by atoms with Gasteiger partial charge in [0, 0.05) is 12.0 Å². The highest BCUT2D eigenvalue weighted by molar-refractivity contribution is 5.84. The third-order valence-corrected chi connectivity index (χ3v) is 2.60. The van der Waals surface area contributed by atoms with Crippen molar-refractivity contribution in [1.29, 1.82) is 0 Å². The lowest BCUT2D eigenvalue weighted by atomic mass is 9.96. The van der Waals surface area contributed by atoms with Crippen LogP contribution in [0.1, 0.15) is 32.8 Å². The first kappa shape index (κ1) is 14.2. The highest BCUT2D eigenvalue weighted by Crippen LogP contribution is 2.27. The predicted octanol–water partition coefficient (Wildman–Crippen LogP) is 2.42. The molecular weight excluding hydrogens is 232 g/mol. The summed E-state index contributed by atoms with van der Waals surface area (Å²) in [4.78, 5) is 23.5. The second-order valence-corrected chi connectivity index (χ2v) is 3.95. The van der Waals surface area contributed by atoms with E-state index in [1.165, 1.54) is 0 Å². The Kier molecular flexibility index (Phi) is 4.89. The highest BCUT2D eigenvalue weighted by Gasteiger charge is 2.40. The van der Waals surface area contributed by atoms with Gasteiger partial charge in [0.15, 0.2) is 0 Å². The van der Waals surface area contributed by atoms with E-state index >= 15 is 0 Å². The van der Waals surface area contributed by atoms with E-state index in [0.717, 1.165) is 0 Å². The Morgan fingerprint density at radius 3 is 2.28 bits per heavy atom. The van der Waals surface area contributed by atoms with Gasteiger partial charge in [-0.3, -0.25) is 4.79 Å². The van der Waals surface area contributed by atoms with Crippen LogP contribution in [0.3, 0.4) is 0 Å². The van der Waals surface area contributed by atoms with Crippen molar-refractivity contribution >= 4 is 11.9 Å². The lowest BCUT2D eigenvalue weighted by molar-refractivity contribution is -0.181. The molecule has 1 aromatic rings. The van der Waals surface area contributed by atoms with Crippen molar-refractivity contribution < 1.29 is 19.1 Å². The molecule has 0 saturated carbocycles. The number of carbonyl (C=O) groups is 2. The summed E-state index contributed by atoms with van der Waals surface area (Å²) in [5.74, 6) is -0.993. The molecule has 18 heavy (non-hydrogen) atoms. The molecular formula is C14H18O4. The fourth-order valence-electron chi connectivity index (χ4n) is 1.54. The lowest BCUT2D eigenvalue weighted by Crippen LogP contribution is -2.39. The van der Waals surface area contributed by atoms with Crippen molar-refractivity contribution in [2.45, 2.75) is 32.8 Å². The van der Waals surface area contributed by atoms with E-state index in [-0.39, 0.29) is 13.0 Å². The molecule has 0 fully saturated rings. The van der Waals surface area contributed by atoms with Crippen LogP contribution in [0, 0.1) is 0 Å². The Bertz CT molecular complexity index is 413. The van der Waals surface area contributed by atoms with Gasteiger partial charge in [-0.2, -0.15) is 0 Å². The molecule has 0 aromatic heterocycles. The zero-order valence-corrected chi connectivity index (χ0v) is 10.9. The SMILES string of the molecule is CCOC(=O)[C@](C)(OC(=O)CC)c1ccccc1. The normalized spacial score (nSPS) is 13.5. The second-order valence-electron chi connectivity index (χ2n) is 3.95. The van der Waals surface area contributed by atoms with E-state index in [1.807, 2.05) is 6.07 Å². The first-order chi connectivity index (χ1) is 8.54. The summed E-state index contributed by atoms with van der Waals surface area (Å²) < 4.78 is 10.3. The molecule has 0 radical (unpaired) electrons. The highest BCUT2D eigenvalue weighted by atomic mass is 16.6. The van der Waals surface area contributed by atoms with Crippen LogP contribution in [0.15, 0.2) is 30.3 Å². The van der Waals surface area contributed by atoms with Crippen LogP contribution in [-0.4, -0.2) is 18.5 Å². The van der Waals surface area contributed by atoms with Crippen LogP contribution in [-0.2, 0) is 24.7 Å². The summed E-state index contributed by atoms with van der Waals surface area (Å²) >= 11 is 0. The van der Waals surface area contributed by atoms with E-state index in [1.54, 1.807) is 45.0 Å². The van der Waals surface area contributed by atoms with Gasteiger partial charge in [0.2, 0.25) is 5.60 Å². The van der Waals surface area contributed by atoms with Gasteiger partial charge in [-0.05, 0) is 13.8 Å². The molecule has 4 nitrogen and oxygen atoms in total. The van der Waals surface area contributed by atoms with E-state index in [4.69, 9.17) is 9.47 Å². The maximum absolute atomic E-state index is 12.0. The van der Waals surface area contributed by atoms with E-state index in [9.17, 15) is 9.59 Å². The minimum Gasteiger partial charge on any atom is -0.463 e. The standard InChI is InChI=1S/C14H18O4/c1-4-12(15)18-14(3,13(16)17-5-2)11-9-7-6-8-10-11/h6-10H,4-5H2,1-3H3/t14-/m1/s1. The van der Waals surface area contributed by atoms with Crippen LogP contribution in [0.2, 0.25) is 0 Å². The molecule has 0 aliphatic rings. The zero-order valence-electron chi connectivity index (χ0n) is 10.9. The monoisotopic (exact) mass is 250 g/mol. The third-order valence-electron chi connectivity index (χ3n) is 2.60. The zero-order chi connectivity index (χ0) is 13.6. The van der Waals surface area contributed by atoms with Gasteiger partial charge in [0.05, 0.1) is 6.61 Å². The van der Waals surface area contributed by atoms with Gasteiger partial charge in [-0.25, -0.2) is 4.79 Å². The molecule has 0 saturated heterocycles. The molecule has 98 valence electrons. The molecule has 4 heteroatoms. The fraction of sp³-hybridized carbons (Fsp3) is 0.429. The Balaban J connectivity index is 3.08. The molecule has 0 spiro atoms. The minimum absolute atomic E-state index is 0.210. The molecule has 1 rings (SSSR count). The number of ether oxygens (including phenoxy) is 2. The Labute approximate surface area is 107 Å². The average molecular weight is 250 g/mol. The molecule has 0 aliphatic heterocycles. The van der Waals surface area contributed by atoms with Gasteiger partial charge in [0.1, 0.15) is 0 Å². The number of hydrogen-bond acceptors (Lipinski definition) is 4. The van der Waals surface area contributed by atoms with E-state index in [0.29, 0.717) is 5.56 Å². The lowest BCUT2D eigenvalue weighted by Gasteiger charge is -2.27. The summed E-state index contributed by atoms with van der Waals surface area (Å²) in [6.07, 6.45) is 0.210. The molecule has 1 atom stereocenters. The maximum atomic E-state index is 12.0. The van der Waals surface area contributed by atoms with Gasteiger partial charge in [-0.1, -0.05) is 37.3 Å². The minimum atomic E-state index is -1.38. The van der Waals surface area contributed by atoms with Crippen LogP contribution in [0.5, 0.6) is 0 Å². The Morgan fingerprint density at radius 2 is 1.78 bits per heavy atom. The largest absolute Gasteiger partial charge is 0.463 e. The van der Waals surface area contributed by atoms with Crippen LogP contribution in [0.4, 0.5) is 0 Å². The Hall–Kier alpha value is -1.84. The molecule has 0 N–H and O–H groups in total. The van der Waals surface area contributed by atoms with Gasteiger partial charge >= 0.3 is 11.9 Å². The van der Waals surface area contributed by atoms with Crippen LogP contribution in [0.25, 0.3) is 0 Å². The summed E-state index contributed by atoms with van der Waals surface area (Å²) in [6.45, 7) is 5.18. The molecule has 0 aliphatic carbocycles. The number of carbonyl (C=O) groups excluding carboxylic acids is 2. The molecule has 0 unspecified atom stereocenters. The summed E-state index contributed by atoms with van der Waals surface area (Å²) in [7, 11) is 0. The first-order valence-electron chi connectivity index (χ1n) is 5.99. The summed E-state index contributed by atoms with van der Waals surface area (Å²) in [5.41, 5.74) is -0.782. The van der Waals surface area contributed by atoms with E-state index in [2.05, 4.69) is 0 Å². The van der Waals surface area contributed by atoms with Crippen molar-refractivity contribution in [3.05, 3.63) is 35.9 Å². The van der Waals surface area contributed by atoms with Crippen molar-refractivity contribution in [2.75, 3.05) is 6.61 Å². The average Bonchev–Trinajstić information content (AvgIpc) is 2.39. The topological polar surface area (TPSA) is 52.6 Å². The number of rotatable bonds is 5. The van der Waals surface area contributed by atoms with Gasteiger partial charge in [0.25, 0.3) is 0 Å². The van der Waals surface area contributed by atoms with Gasteiger partial charge < -0.3 is 9.47 Å². The number of hydrogen-bond donors (Lipinski definition) is 0. The summed E-state index contributed by atoms with van der Waals surface area (Å²) in [6, 6.07) is 8.87. The van der Waals surface area contributed by atoms with Crippen molar-refractivity contribution in [1.82, 2.24) is 0 Å². The van der Waals surface area contributed by atoms with Crippen LogP contribution < -0.4 is 0 Å². The Morgan fingerprint density at radius 1 is 1.17 bits per heavy atom. The third kappa shape index (κ3) is 3.09. The van der Waals surface area contributed by atoms with Crippen molar-refractivity contribution in [3.8, 4) is 0 Å². The molecule has 1 aromatic carbocycles. The molecule has 0 bridgehead atoms. The quantitative estimate of drug-likeness (QED) is 0.753. The van der Waals surface area contributed by atoms with Gasteiger partial charge in [-0.15, -0.1) is 0 Å². The predicted molar refractivity (Wildman–Crippen MR) is 66.8 cm³/mol. The van der Waals surface area contributed by atoms with Crippen molar-refractivity contribution in [3.63, 3.8) is 0 Å². The first-order valence-corrected chi connectivity index (χ1v) is 5.99. The van der Waals surface area contributed by atoms with Crippen LogP contribution >= 0.6 is 0 Å². The fourth-order valence-corrected chi connectivity index (χ4v) is 1.54. The smallest absolute Gasteiger partial charge is 0.355 e. The second kappa shape index (κ2) is 6.19. The van der Waals surface area contributed by atoms with Crippen molar-refractivity contribution in [2.24, 2.45) is 0 Å². The molecule has 0 amide bonds. The van der Waals surface area contributed by atoms with E-state index < -0.39 is 17.5 Å². The summed E-state index contributed by atoms with van der Waals surface area (Å²) in [5, 5.41) is 0. The molecule has 0 heterocycles. The number of benzene rings is 1. The number of esters is 2.